The van der Waals surface area contributed by atoms with Gasteiger partial charge in [0, 0.05) is 0 Å². The number of hydrogen-bond acceptors (Lipinski definition) is 9. The molecule has 10 nitrogen and oxygen atoms in total. The molecular weight excluding hydrogens is 817 g/mol. The van der Waals surface area contributed by atoms with Crippen molar-refractivity contribution >= 4 is 58.0 Å². The summed E-state index contributed by atoms with van der Waals surface area (Å²) in [6.45, 7) is 4.43. The Morgan fingerprint density at radius 3 is 1.34 bits per heavy atom. The molecule has 0 saturated heterocycles. The van der Waals surface area contributed by atoms with Gasteiger partial charge in [-0.2, -0.15) is 8.42 Å². The summed E-state index contributed by atoms with van der Waals surface area (Å²) in [5, 5.41) is 21.9. The first-order valence-corrected chi connectivity index (χ1v) is 23.8. The first kappa shape index (κ1) is 52.3. The van der Waals surface area contributed by atoms with Gasteiger partial charge in [-0.25, -0.2) is 8.42 Å². The molecule has 13 heteroatoms. The molecule has 0 saturated carbocycles. The van der Waals surface area contributed by atoms with Crippen LogP contribution >= 0.6 is 0 Å². The number of phenols is 1. The summed E-state index contributed by atoms with van der Waals surface area (Å²) in [6, 6.07) is 21.6. The molecule has 59 heavy (non-hydrogen) atoms. The second kappa shape index (κ2) is 28.6. The third-order valence-electron chi connectivity index (χ3n) is 9.91. The Balaban J connectivity index is 0.000000400. The predicted molar refractivity (Wildman–Crippen MR) is 232 cm³/mol. The van der Waals surface area contributed by atoms with Crippen LogP contribution in [-0.4, -0.2) is 68.8 Å². The number of hydrogen-bond donors (Lipinski definition) is 2. The number of benzene rings is 4. The largest absolute Gasteiger partial charge is 2.00 e. The Morgan fingerprint density at radius 2 is 0.898 bits per heavy atom. The van der Waals surface area contributed by atoms with Crippen molar-refractivity contribution in [2.24, 2.45) is 0 Å². The fourth-order valence-electron chi connectivity index (χ4n) is 6.70. The molecular formula is C46H62CaO10S2. The Kier molecular flexibility index (Phi) is 25.4. The second-order valence-corrected chi connectivity index (χ2v) is 17.4. The molecule has 4 rings (SSSR count). The average molecular weight is 879 g/mol. The third-order valence-corrected chi connectivity index (χ3v) is 11.6. The van der Waals surface area contributed by atoms with Crippen LogP contribution in [0.3, 0.4) is 0 Å². The van der Waals surface area contributed by atoms with E-state index in [1.807, 2.05) is 0 Å². The predicted octanol–water partition coefficient (Wildman–Crippen LogP) is 11.7. The number of phenolic OH excluding ortho intramolecular Hbond substituents is 1. The molecule has 0 bridgehead atoms. The van der Waals surface area contributed by atoms with E-state index in [0.29, 0.717) is 24.0 Å². The molecule has 0 heterocycles. The van der Waals surface area contributed by atoms with Crippen LogP contribution in [0.25, 0.3) is 0 Å². The minimum Gasteiger partial charge on any atom is -0.870 e. The standard InChI is InChI=1S/2C23H32O5S.Ca/c2*1-2-3-4-5-6-7-8-9-10-14-19-15-13-18-22(29(25,26)27)23(19)28-21-17-12-11-16-20(21)24;/h2*11-13,15-18,24H,2-10,14H2,1H3,(H,25,26,27);/q;;+2/p-2. The van der Waals surface area contributed by atoms with E-state index in [1.54, 1.807) is 54.6 Å². The summed E-state index contributed by atoms with van der Waals surface area (Å²) < 4.78 is 79.7. The topological polar surface area (TPSA) is 173 Å². The summed E-state index contributed by atoms with van der Waals surface area (Å²) >= 11 is 0. The Morgan fingerprint density at radius 1 is 0.508 bits per heavy atom. The molecule has 0 spiro atoms. The molecule has 2 N–H and O–H groups in total. The first-order chi connectivity index (χ1) is 27.9. The van der Waals surface area contributed by atoms with Crippen molar-refractivity contribution in [1.82, 2.24) is 0 Å². The van der Waals surface area contributed by atoms with Gasteiger partial charge in [-0.05, 0) is 67.1 Å². The normalized spacial score (nSPS) is 11.3. The Bertz CT molecular complexity index is 1870. The van der Waals surface area contributed by atoms with Crippen LogP contribution in [0.4, 0.5) is 0 Å². The summed E-state index contributed by atoms with van der Waals surface area (Å²) in [4.78, 5) is -0.705. The quantitative estimate of drug-likeness (QED) is 0.0351. The second-order valence-electron chi connectivity index (χ2n) is 14.7. The van der Waals surface area contributed by atoms with Crippen LogP contribution in [0.5, 0.6) is 34.5 Å². The molecule has 0 aliphatic rings. The van der Waals surface area contributed by atoms with Crippen molar-refractivity contribution in [2.45, 2.75) is 152 Å². The molecule has 0 radical (unpaired) electrons. The molecule has 4 aromatic rings. The van der Waals surface area contributed by atoms with Gasteiger partial charge in [0.25, 0.3) is 10.1 Å². The zero-order chi connectivity index (χ0) is 42.2. The Hall–Kier alpha value is -2.84. The molecule has 0 aliphatic heterocycles. The van der Waals surface area contributed by atoms with Crippen LogP contribution in [0.1, 0.15) is 141 Å². The number of aryl methyl sites for hydroxylation is 2. The summed E-state index contributed by atoms with van der Waals surface area (Å²) in [7, 11) is -9.16. The van der Waals surface area contributed by atoms with Gasteiger partial charge in [0.15, 0.2) is 17.2 Å². The van der Waals surface area contributed by atoms with Gasteiger partial charge in [0.1, 0.15) is 26.5 Å². The molecule has 4 aromatic carbocycles. The maximum Gasteiger partial charge on any atom is 2.00 e. The molecule has 0 unspecified atom stereocenters. The fraction of sp³-hybridized carbons (Fsp3) is 0.478. The number of para-hydroxylation sites is 6. The number of rotatable bonds is 26. The van der Waals surface area contributed by atoms with Crippen LogP contribution in [-0.2, 0) is 33.1 Å². The molecule has 0 aromatic heterocycles. The zero-order valence-corrected chi connectivity index (χ0v) is 38.8. The average Bonchev–Trinajstić information content (AvgIpc) is 3.18. The number of aromatic hydroxyl groups is 1. The van der Waals surface area contributed by atoms with Gasteiger partial charge >= 0.3 is 37.7 Å². The van der Waals surface area contributed by atoms with Crippen molar-refractivity contribution in [3.8, 4) is 34.5 Å². The smallest absolute Gasteiger partial charge is 0.870 e. The fourth-order valence-corrected chi connectivity index (χ4v) is 8.00. The maximum atomic E-state index is 12.0. The van der Waals surface area contributed by atoms with E-state index in [4.69, 9.17) is 9.47 Å². The Labute approximate surface area is 383 Å². The summed E-state index contributed by atoms with van der Waals surface area (Å²) in [5.74, 6) is -0.235. The number of ether oxygens (including phenoxy) is 2. The minimum atomic E-state index is -4.72. The van der Waals surface area contributed by atoms with Gasteiger partial charge in [-0.15, -0.1) is 0 Å². The summed E-state index contributed by atoms with van der Waals surface area (Å²) in [5.41, 5.74) is 1.33. The SMILES string of the molecule is CCCCCCCCCCCc1cccc(S(=O)(=O)O)c1Oc1ccccc1O.CCCCCCCCCCCc1cccc(S(=O)(=O)[O-])c1Oc1ccccc1[O-].[Ca+2]. The first-order valence-electron chi connectivity index (χ1n) is 20.9. The van der Waals surface area contributed by atoms with Gasteiger partial charge < -0.3 is 24.2 Å². The number of unbranched alkanes of at least 4 members (excludes halogenated alkanes) is 16. The molecule has 0 fully saturated rings. The molecule has 320 valence electrons. The van der Waals surface area contributed by atoms with E-state index in [2.05, 4.69) is 13.8 Å². The van der Waals surface area contributed by atoms with Crippen LogP contribution in [0.15, 0.2) is 94.7 Å². The summed E-state index contributed by atoms with van der Waals surface area (Å²) in [6.07, 6.45) is 22.6. The van der Waals surface area contributed by atoms with Crippen LogP contribution in [0.2, 0.25) is 0 Å². The van der Waals surface area contributed by atoms with E-state index in [0.717, 1.165) is 38.5 Å². The molecule has 0 aliphatic carbocycles. The zero-order valence-electron chi connectivity index (χ0n) is 34.9. The van der Waals surface area contributed by atoms with Crippen LogP contribution < -0.4 is 14.6 Å². The van der Waals surface area contributed by atoms with Crippen molar-refractivity contribution in [1.29, 1.82) is 0 Å². The van der Waals surface area contributed by atoms with Crippen molar-refractivity contribution < 1.29 is 45.6 Å². The van der Waals surface area contributed by atoms with Crippen molar-refractivity contribution in [3.05, 3.63) is 96.1 Å². The molecule has 0 atom stereocenters. The van der Waals surface area contributed by atoms with Gasteiger partial charge in [0.2, 0.25) is 0 Å². The third kappa shape index (κ3) is 19.6. The van der Waals surface area contributed by atoms with E-state index in [-0.39, 0.29) is 77.1 Å². The minimum absolute atomic E-state index is 0. The van der Waals surface area contributed by atoms with Crippen LogP contribution in [0, 0.1) is 0 Å². The van der Waals surface area contributed by atoms with Crippen molar-refractivity contribution in [2.75, 3.05) is 0 Å². The van der Waals surface area contributed by atoms with E-state index >= 15 is 0 Å². The van der Waals surface area contributed by atoms with Gasteiger partial charge in [0.05, 0.1) is 4.90 Å². The monoisotopic (exact) mass is 878 g/mol. The van der Waals surface area contributed by atoms with Gasteiger partial charge in [-0.3, -0.25) is 4.55 Å². The van der Waals surface area contributed by atoms with E-state index in [9.17, 15) is 36.2 Å². The molecule has 0 amide bonds. The maximum absolute atomic E-state index is 12.0. The van der Waals surface area contributed by atoms with Gasteiger partial charge in [-0.1, -0.05) is 177 Å². The van der Waals surface area contributed by atoms with E-state index in [1.165, 1.54) is 107 Å². The van der Waals surface area contributed by atoms with Crippen molar-refractivity contribution in [3.63, 3.8) is 0 Å². The van der Waals surface area contributed by atoms with E-state index < -0.39 is 25.1 Å².